The molecule has 0 spiro atoms. The Kier molecular flexibility index (Phi) is 7.05. The molecule has 1 aliphatic rings. The number of pyridine rings is 1. The summed E-state index contributed by atoms with van der Waals surface area (Å²) in [5.41, 5.74) is 6.05. The van der Waals surface area contributed by atoms with Crippen LogP contribution in [0.3, 0.4) is 0 Å². The Morgan fingerprint density at radius 3 is 2.60 bits per heavy atom. The quantitative estimate of drug-likeness (QED) is 0.225. The van der Waals surface area contributed by atoms with E-state index < -0.39 is 0 Å². The fourth-order valence-corrected chi connectivity index (χ4v) is 5.80. The van der Waals surface area contributed by atoms with Gasteiger partial charge in [0.05, 0.1) is 17.8 Å². The molecule has 0 bridgehead atoms. The van der Waals surface area contributed by atoms with E-state index in [9.17, 15) is 4.79 Å². The van der Waals surface area contributed by atoms with Gasteiger partial charge in [-0.3, -0.25) is 9.78 Å². The van der Waals surface area contributed by atoms with Crippen LogP contribution in [0.5, 0.6) is 0 Å². The lowest BCUT2D eigenvalue weighted by molar-refractivity contribution is -0.116. The fraction of sp³-hybridized carbons (Fsp3) is 0.182. The third-order valence-corrected chi connectivity index (χ3v) is 7.89. The van der Waals surface area contributed by atoms with E-state index in [0.717, 1.165) is 33.9 Å². The maximum absolute atomic E-state index is 13.1. The number of amides is 1. The van der Waals surface area contributed by atoms with Crippen LogP contribution in [0.2, 0.25) is 0 Å². The van der Waals surface area contributed by atoms with Crippen molar-refractivity contribution >= 4 is 39.7 Å². The van der Waals surface area contributed by atoms with E-state index in [1.807, 2.05) is 50.2 Å². The van der Waals surface area contributed by atoms with Gasteiger partial charge in [-0.15, -0.1) is 0 Å². The average molecular weight is 546 g/mol. The number of aryl methyl sites for hydroxylation is 2. The molecule has 1 aliphatic heterocycles. The third kappa shape index (κ3) is 5.08. The van der Waals surface area contributed by atoms with Crippen molar-refractivity contribution in [3.63, 3.8) is 0 Å². The Hall–Kier alpha value is -4.49. The molecule has 1 saturated heterocycles. The molecular formula is C33H31N5OS. The van der Waals surface area contributed by atoms with Crippen LogP contribution in [-0.4, -0.2) is 32.0 Å². The average Bonchev–Trinajstić information content (AvgIpc) is 3.58. The number of hydrogen-bond acceptors (Lipinski definition) is 3. The number of thiocarbonyl (C=S) groups is 1. The molecule has 0 saturated carbocycles. The molecule has 2 N–H and O–H groups in total. The van der Waals surface area contributed by atoms with Crippen LogP contribution in [0.15, 0.2) is 103 Å². The first-order chi connectivity index (χ1) is 19.5. The Labute approximate surface area is 239 Å². The Morgan fingerprint density at radius 2 is 1.77 bits per heavy atom. The van der Waals surface area contributed by atoms with Gasteiger partial charge in [0.1, 0.15) is 0 Å². The predicted molar refractivity (Wildman–Crippen MR) is 165 cm³/mol. The molecule has 3 heterocycles. The minimum absolute atomic E-state index is 0.0403. The smallest absolute Gasteiger partial charge is 0.226 e. The van der Waals surface area contributed by atoms with E-state index in [0.29, 0.717) is 18.1 Å². The van der Waals surface area contributed by atoms with Crippen LogP contribution in [0.4, 0.5) is 5.69 Å². The lowest BCUT2D eigenvalue weighted by Crippen LogP contribution is -2.33. The van der Waals surface area contributed by atoms with Crippen LogP contribution in [0.1, 0.15) is 41.0 Å². The molecule has 200 valence electrons. The van der Waals surface area contributed by atoms with Gasteiger partial charge in [0, 0.05) is 42.4 Å². The molecule has 40 heavy (non-hydrogen) atoms. The van der Waals surface area contributed by atoms with Crippen molar-refractivity contribution < 1.29 is 4.79 Å². The molecule has 6 rings (SSSR count). The molecule has 0 unspecified atom stereocenters. The van der Waals surface area contributed by atoms with Crippen LogP contribution >= 0.6 is 12.2 Å². The number of nitrogens with one attached hydrogen (secondary N) is 2. The summed E-state index contributed by atoms with van der Waals surface area (Å²) in [7, 11) is 0. The predicted octanol–water partition coefficient (Wildman–Crippen LogP) is 6.64. The lowest BCUT2D eigenvalue weighted by Gasteiger charge is -2.29. The van der Waals surface area contributed by atoms with Gasteiger partial charge in [-0.2, -0.15) is 0 Å². The van der Waals surface area contributed by atoms with Crippen molar-refractivity contribution in [1.29, 1.82) is 0 Å². The molecule has 2 atom stereocenters. The molecule has 1 fully saturated rings. The van der Waals surface area contributed by atoms with E-state index in [-0.39, 0.29) is 18.0 Å². The van der Waals surface area contributed by atoms with Gasteiger partial charge in [0.25, 0.3) is 0 Å². The van der Waals surface area contributed by atoms with E-state index in [1.165, 1.54) is 10.8 Å². The number of fused-ring (bicyclic) bond motifs is 1. The largest absolute Gasteiger partial charge is 0.352 e. The maximum Gasteiger partial charge on any atom is 0.226 e. The van der Waals surface area contributed by atoms with Crippen molar-refractivity contribution in [2.24, 2.45) is 0 Å². The highest BCUT2D eigenvalue weighted by Gasteiger charge is 2.41. The number of rotatable bonds is 7. The van der Waals surface area contributed by atoms with Gasteiger partial charge in [-0.25, -0.2) is 0 Å². The first-order valence-electron chi connectivity index (χ1n) is 13.5. The molecule has 7 heteroatoms. The molecule has 0 radical (unpaired) electrons. The van der Waals surface area contributed by atoms with Crippen LogP contribution in [0, 0.1) is 13.8 Å². The minimum atomic E-state index is -0.162. The van der Waals surface area contributed by atoms with Gasteiger partial charge in [0.15, 0.2) is 5.11 Å². The van der Waals surface area contributed by atoms with Crippen molar-refractivity contribution in [3.05, 3.63) is 126 Å². The van der Waals surface area contributed by atoms with E-state index in [2.05, 4.69) is 85.9 Å². The van der Waals surface area contributed by atoms with Crippen molar-refractivity contribution in [2.75, 3.05) is 11.9 Å². The second-order valence-corrected chi connectivity index (χ2v) is 10.7. The molecule has 5 aromatic rings. The minimum Gasteiger partial charge on any atom is -0.352 e. The number of carbonyl (C=O) groups excluding carboxylic acids is 1. The summed E-state index contributed by atoms with van der Waals surface area (Å²) in [4.78, 5) is 19.9. The van der Waals surface area contributed by atoms with Gasteiger partial charge in [-0.05, 0) is 90.4 Å². The summed E-state index contributed by atoms with van der Waals surface area (Å²) in [6.07, 6.45) is 4.19. The monoisotopic (exact) mass is 545 g/mol. The molecule has 6 nitrogen and oxygen atoms in total. The summed E-state index contributed by atoms with van der Waals surface area (Å²) in [6, 6.07) is 30.8. The summed E-state index contributed by atoms with van der Waals surface area (Å²) < 4.78 is 2.21. The second kappa shape index (κ2) is 10.9. The summed E-state index contributed by atoms with van der Waals surface area (Å²) in [5, 5.41) is 9.60. The molecule has 1 amide bonds. The molecule has 2 aromatic heterocycles. The van der Waals surface area contributed by atoms with Crippen LogP contribution < -0.4 is 10.6 Å². The Morgan fingerprint density at radius 1 is 0.950 bits per heavy atom. The molecular weight excluding hydrogens is 514 g/mol. The van der Waals surface area contributed by atoms with Crippen molar-refractivity contribution in [3.8, 4) is 5.69 Å². The number of anilines is 1. The maximum atomic E-state index is 13.1. The van der Waals surface area contributed by atoms with Gasteiger partial charge in [-0.1, -0.05) is 48.5 Å². The highest BCUT2D eigenvalue weighted by molar-refractivity contribution is 7.80. The van der Waals surface area contributed by atoms with E-state index in [1.54, 1.807) is 6.20 Å². The zero-order valence-corrected chi connectivity index (χ0v) is 23.4. The lowest BCUT2D eigenvalue weighted by atomic mass is 10.0. The normalized spacial score (nSPS) is 16.8. The van der Waals surface area contributed by atoms with E-state index in [4.69, 9.17) is 12.2 Å². The van der Waals surface area contributed by atoms with Crippen molar-refractivity contribution in [1.82, 2.24) is 19.8 Å². The van der Waals surface area contributed by atoms with Crippen LogP contribution in [0.25, 0.3) is 16.5 Å². The zero-order chi connectivity index (χ0) is 27.6. The Bertz CT molecular complexity index is 1700. The second-order valence-electron chi connectivity index (χ2n) is 10.3. The zero-order valence-electron chi connectivity index (χ0n) is 22.5. The topological polar surface area (TPSA) is 62.2 Å². The molecule has 0 aliphatic carbocycles. The number of hydrogen-bond donors (Lipinski definition) is 2. The van der Waals surface area contributed by atoms with Gasteiger partial charge >= 0.3 is 0 Å². The first kappa shape index (κ1) is 25.8. The Balaban J connectivity index is 1.32. The number of carbonyl (C=O) groups is 1. The number of nitrogens with zero attached hydrogens (tertiary/aromatic N) is 3. The summed E-state index contributed by atoms with van der Waals surface area (Å²) in [6.45, 7) is 4.50. The number of benzene rings is 3. The fourth-order valence-electron chi connectivity index (χ4n) is 5.47. The highest BCUT2D eigenvalue weighted by Crippen LogP contribution is 2.39. The third-order valence-electron chi connectivity index (χ3n) is 7.54. The SMILES string of the molecule is Cc1ccc(C)c(NC(=O)CCN2C(=S)N[C@@H](c3ccccn3)[C@H]2c2cccn2-c2ccc3ccccc3c2)c1. The standard InChI is InChI=1S/C33H31N5OS/c1-22-12-13-23(2)28(20-22)35-30(39)16-19-38-32(31(36-33(38)40)27-10-5-6-17-34-27)29-11-7-18-37(29)26-15-14-24-8-3-4-9-25(24)21-26/h3-15,17-18,20-21,31-32H,16,19H2,1-2H3,(H,35,39)(H,36,40)/t31-,32+/m0/s1. The summed E-state index contributed by atoms with van der Waals surface area (Å²) >= 11 is 5.86. The first-order valence-corrected chi connectivity index (χ1v) is 13.9. The van der Waals surface area contributed by atoms with Crippen LogP contribution in [-0.2, 0) is 4.79 Å². The van der Waals surface area contributed by atoms with Crippen molar-refractivity contribution in [2.45, 2.75) is 32.4 Å². The number of aromatic nitrogens is 2. The van der Waals surface area contributed by atoms with E-state index >= 15 is 0 Å². The summed E-state index contributed by atoms with van der Waals surface area (Å²) in [5.74, 6) is -0.0403. The highest BCUT2D eigenvalue weighted by atomic mass is 32.1. The molecule has 3 aromatic carbocycles. The van der Waals surface area contributed by atoms with Gasteiger partial charge < -0.3 is 20.1 Å². The van der Waals surface area contributed by atoms with Gasteiger partial charge in [0.2, 0.25) is 5.91 Å².